The predicted octanol–water partition coefficient (Wildman–Crippen LogP) is 3.33. The van der Waals surface area contributed by atoms with E-state index in [2.05, 4.69) is 54.1 Å². The Hall–Kier alpha value is -1.54. The van der Waals surface area contributed by atoms with Gasteiger partial charge in [-0.05, 0) is 43.5 Å². The number of benzene rings is 1. The van der Waals surface area contributed by atoms with Gasteiger partial charge >= 0.3 is 0 Å². The molecule has 4 unspecified atom stereocenters. The van der Waals surface area contributed by atoms with E-state index in [1.54, 1.807) is 11.1 Å². The number of hydrogen-bond acceptors (Lipinski definition) is 2. The monoisotopic (exact) mass is 278 g/mol. The van der Waals surface area contributed by atoms with Gasteiger partial charge in [-0.3, -0.25) is 4.90 Å². The highest BCUT2D eigenvalue weighted by molar-refractivity contribution is 5.67. The Morgan fingerprint density at radius 1 is 1.38 bits per heavy atom. The van der Waals surface area contributed by atoms with Crippen molar-refractivity contribution in [3.8, 4) is 0 Å². The van der Waals surface area contributed by atoms with E-state index in [0.717, 1.165) is 6.54 Å². The summed E-state index contributed by atoms with van der Waals surface area (Å²) >= 11 is 0. The minimum absolute atomic E-state index is 0.281. The van der Waals surface area contributed by atoms with E-state index in [9.17, 15) is 0 Å². The molecule has 2 heteroatoms. The summed E-state index contributed by atoms with van der Waals surface area (Å²) < 4.78 is 0. The average Bonchev–Trinajstić information content (AvgIpc) is 3.07. The molecule has 2 nitrogen and oxygen atoms in total. The van der Waals surface area contributed by atoms with Crippen LogP contribution in [0.5, 0.6) is 0 Å². The number of allylic oxidation sites excluding steroid dienone is 1. The van der Waals surface area contributed by atoms with Crippen molar-refractivity contribution in [2.75, 3.05) is 18.4 Å². The lowest BCUT2D eigenvalue weighted by Crippen LogP contribution is -2.58. The largest absolute Gasteiger partial charge is 0.377 e. The molecule has 3 aliphatic heterocycles. The first-order valence-electron chi connectivity index (χ1n) is 8.19. The van der Waals surface area contributed by atoms with Gasteiger partial charge in [0.15, 0.2) is 0 Å². The van der Waals surface area contributed by atoms with Gasteiger partial charge < -0.3 is 5.32 Å². The third-order valence-electron chi connectivity index (χ3n) is 6.57. The summed E-state index contributed by atoms with van der Waals surface area (Å²) in [4.78, 5) is 2.73. The van der Waals surface area contributed by atoms with E-state index in [-0.39, 0.29) is 5.41 Å². The first kappa shape index (κ1) is 12.0. The highest BCUT2D eigenvalue weighted by atomic mass is 15.2. The highest BCUT2D eigenvalue weighted by Crippen LogP contribution is 2.60. The second kappa shape index (κ2) is 3.80. The van der Waals surface area contributed by atoms with E-state index < -0.39 is 0 Å². The Balaban J connectivity index is 1.73. The standard InChI is InChI=1S/C19H22N2/c1-3-13-11-21-9-8-19-15-6-4-5-7-16(15)20-18(19)12(2)14(13)10-17(19)21/h3-7,14,17-18,20H,2,8-11H2,1H3/b13-3+. The van der Waals surface area contributed by atoms with Gasteiger partial charge in [0.1, 0.15) is 0 Å². The van der Waals surface area contributed by atoms with Gasteiger partial charge in [0.2, 0.25) is 0 Å². The molecule has 1 aromatic carbocycles. The number of piperidine rings is 1. The van der Waals surface area contributed by atoms with Crippen molar-refractivity contribution in [2.45, 2.75) is 37.3 Å². The Labute approximate surface area is 126 Å². The molecule has 4 atom stereocenters. The molecule has 3 fully saturated rings. The Bertz CT molecular complexity index is 674. The summed E-state index contributed by atoms with van der Waals surface area (Å²) in [5, 5.41) is 3.82. The van der Waals surface area contributed by atoms with Crippen LogP contribution in [0.25, 0.3) is 0 Å². The normalized spacial score (nSPS) is 41.9. The van der Waals surface area contributed by atoms with Crippen molar-refractivity contribution >= 4 is 5.69 Å². The average molecular weight is 278 g/mol. The number of anilines is 1. The van der Waals surface area contributed by atoms with Crippen LogP contribution in [-0.4, -0.2) is 30.1 Å². The molecule has 1 saturated carbocycles. The van der Waals surface area contributed by atoms with Crippen LogP contribution in [0.2, 0.25) is 0 Å². The Morgan fingerprint density at radius 2 is 2.24 bits per heavy atom. The van der Waals surface area contributed by atoms with Crippen molar-refractivity contribution in [2.24, 2.45) is 5.92 Å². The SMILES string of the molecule is C=C1C2CC3N(CCC34c3ccccc3NC14)C/C2=C\C. The predicted molar refractivity (Wildman–Crippen MR) is 86.5 cm³/mol. The van der Waals surface area contributed by atoms with Crippen LogP contribution in [0.3, 0.4) is 0 Å². The number of hydrogen-bond donors (Lipinski definition) is 1. The van der Waals surface area contributed by atoms with Gasteiger partial charge in [-0.1, -0.05) is 36.4 Å². The van der Waals surface area contributed by atoms with Crippen molar-refractivity contribution in [1.82, 2.24) is 4.90 Å². The minimum atomic E-state index is 0.281. The van der Waals surface area contributed by atoms with Gasteiger partial charge in [-0.25, -0.2) is 0 Å². The van der Waals surface area contributed by atoms with Crippen molar-refractivity contribution in [3.05, 3.63) is 53.6 Å². The van der Waals surface area contributed by atoms with Crippen LogP contribution < -0.4 is 5.32 Å². The number of fused-ring (bicyclic) bond motifs is 2. The molecule has 1 aliphatic carbocycles. The molecule has 108 valence electrons. The maximum atomic E-state index is 4.55. The quantitative estimate of drug-likeness (QED) is 0.732. The molecule has 2 saturated heterocycles. The molecule has 4 aliphatic rings. The van der Waals surface area contributed by atoms with Crippen molar-refractivity contribution in [1.29, 1.82) is 0 Å². The summed E-state index contributed by atoms with van der Waals surface area (Å²) in [5.41, 5.74) is 6.19. The van der Waals surface area contributed by atoms with E-state index in [4.69, 9.17) is 0 Å². The van der Waals surface area contributed by atoms with Gasteiger partial charge in [-0.2, -0.15) is 0 Å². The molecule has 0 amide bonds. The van der Waals surface area contributed by atoms with Gasteiger partial charge in [0.25, 0.3) is 0 Å². The lowest BCUT2D eigenvalue weighted by molar-refractivity contribution is 0.133. The summed E-state index contributed by atoms with van der Waals surface area (Å²) in [5.74, 6) is 0.592. The van der Waals surface area contributed by atoms with E-state index >= 15 is 0 Å². The maximum absolute atomic E-state index is 4.55. The maximum Gasteiger partial charge on any atom is 0.0590 e. The molecule has 1 aromatic rings. The van der Waals surface area contributed by atoms with Crippen LogP contribution in [0.1, 0.15) is 25.3 Å². The molecule has 5 rings (SSSR count). The number of nitrogens with zero attached hydrogens (tertiary/aromatic N) is 1. The number of nitrogens with one attached hydrogen (secondary N) is 1. The second-order valence-corrected chi connectivity index (χ2v) is 7.13. The fraction of sp³-hybridized carbons (Fsp3) is 0.474. The van der Waals surface area contributed by atoms with Gasteiger partial charge in [0, 0.05) is 29.6 Å². The summed E-state index contributed by atoms with van der Waals surface area (Å²) in [6.07, 6.45) is 4.87. The molecular formula is C19H22N2. The summed E-state index contributed by atoms with van der Waals surface area (Å²) in [6.45, 7) is 9.13. The number of para-hydroxylation sites is 1. The minimum Gasteiger partial charge on any atom is -0.377 e. The second-order valence-electron chi connectivity index (χ2n) is 7.13. The zero-order valence-corrected chi connectivity index (χ0v) is 12.6. The van der Waals surface area contributed by atoms with E-state index in [0.29, 0.717) is 18.0 Å². The molecular weight excluding hydrogens is 256 g/mol. The van der Waals surface area contributed by atoms with Crippen LogP contribution in [0, 0.1) is 5.92 Å². The fourth-order valence-electron chi connectivity index (χ4n) is 5.66. The van der Waals surface area contributed by atoms with Crippen molar-refractivity contribution < 1.29 is 0 Å². The molecule has 1 N–H and O–H groups in total. The lowest BCUT2D eigenvalue weighted by atomic mass is 9.58. The van der Waals surface area contributed by atoms with Gasteiger partial charge in [-0.15, -0.1) is 0 Å². The smallest absolute Gasteiger partial charge is 0.0590 e. The van der Waals surface area contributed by atoms with Crippen LogP contribution >= 0.6 is 0 Å². The summed E-state index contributed by atoms with van der Waals surface area (Å²) in [6, 6.07) is 10.1. The van der Waals surface area contributed by atoms with Crippen molar-refractivity contribution in [3.63, 3.8) is 0 Å². The highest BCUT2D eigenvalue weighted by Gasteiger charge is 2.63. The lowest BCUT2D eigenvalue weighted by Gasteiger charge is -2.52. The zero-order valence-electron chi connectivity index (χ0n) is 12.6. The molecule has 0 aromatic heterocycles. The van der Waals surface area contributed by atoms with Crippen LogP contribution in [-0.2, 0) is 5.41 Å². The molecule has 3 heterocycles. The van der Waals surface area contributed by atoms with E-state index in [1.165, 1.54) is 30.6 Å². The fourth-order valence-corrected chi connectivity index (χ4v) is 5.66. The van der Waals surface area contributed by atoms with E-state index in [1.807, 2.05) is 0 Å². The third-order valence-corrected chi connectivity index (χ3v) is 6.57. The summed E-state index contributed by atoms with van der Waals surface area (Å²) in [7, 11) is 0. The topological polar surface area (TPSA) is 15.3 Å². The Morgan fingerprint density at radius 3 is 3.10 bits per heavy atom. The molecule has 0 radical (unpaired) electrons. The van der Waals surface area contributed by atoms with Crippen LogP contribution in [0.4, 0.5) is 5.69 Å². The first-order chi connectivity index (χ1) is 10.3. The van der Waals surface area contributed by atoms with Crippen LogP contribution in [0.15, 0.2) is 48.1 Å². The van der Waals surface area contributed by atoms with Gasteiger partial charge in [0.05, 0.1) is 6.04 Å². The zero-order chi connectivity index (χ0) is 14.2. The molecule has 2 bridgehead atoms. The Kier molecular flexibility index (Phi) is 2.18. The first-order valence-corrected chi connectivity index (χ1v) is 8.19. The third kappa shape index (κ3) is 1.24. The molecule has 21 heavy (non-hydrogen) atoms. The number of rotatable bonds is 0. The molecule has 1 spiro atoms.